The van der Waals surface area contributed by atoms with E-state index in [9.17, 15) is 0 Å². The van der Waals surface area contributed by atoms with Crippen LogP contribution in [0.15, 0.2) is 24.3 Å². The van der Waals surface area contributed by atoms with Crippen molar-refractivity contribution in [3.8, 4) is 5.75 Å². The van der Waals surface area contributed by atoms with E-state index in [0.717, 1.165) is 31.7 Å². The van der Waals surface area contributed by atoms with E-state index in [-0.39, 0.29) is 0 Å². The molecular formula is C14H21NO. The average Bonchev–Trinajstić information content (AvgIpc) is 2.58. The maximum atomic E-state index is 6.12. The molecular weight excluding hydrogens is 198 g/mol. The second kappa shape index (κ2) is 5.90. The molecule has 1 atom stereocenters. The van der Waals surface area contributed by atoms with Crippen LogP contribution in [-0.2, 0) is 6.42 Å². The summed E-state index contributed by atoms with van der Waals surface area (Å²) in [6.45, 7) is 4.39. The molecule has 1 unspecified atom stereocenters. The smallest absolute Gasteiger partial charge is 0.122 e. The number of para-hydroxylation sites is 1. The van der Waals surface area contributed by atoms with E-state index in [2.05, 4.69) is 36.5 Å². The van der Waals surface area contributed by atoms with Crippen molar-refractivity contribution in [1.82, 2.24) is 5.32 Å². The van der Waals surface area contributed by atoms with Crippen LogP contribution < -0.4 is 10.1 Å². The van der Waals surface area contributed by atoms with Gasteiger partial charge in [-0.3, -0.25) is 0 Å². The first kappa shape index (κ1) is 11.5. The Bertz CT molecular complexity index is 316. The van der Waals surface area contributed by atoms with E-state index < -0.39 is 0 Å². The second-order valence-corrected chi connectivity index (χ2v) is 4.38. The van der Waals surface area contributed by atoms with Gasteiger partial charge in [-0.1, -0.05) is 25.1 Å². The van der Waals surface area contributed by atoms with Gasteiger partial charge in [-0.25, -0.2) is 0 Å². The van der Waals surface area contributed by atoms with E-state index >= 15 is 0 Å². The predicted octanol–water partition coefficient (Wildman–Crippen LogP) is 2.77. The molecule has 0 amide bonds. The lowest BCUT2D eigenvalue weighted by Crippen LogP contribution is -2.19. The Kier molecular flexibility index (Phi) is 4.23. The highest BCUT2D eigenvalue weighted by Crippen LogP contribution is 2.22. The summed E-state index contributed by atoms with van der Waals surface area (Å²) in [6, 6.07) is 8.39. The van der Waals surface area contributed by atoms with Gasteiger partial charge in [0.25, 0.3) is 0 Å². The Morgan fingerprint density at radius 2 is 2.12 bits per heavy atom. The molecule has 0 saturated carbocycles. The van der Waals surface area contributed by atoms with Crippen LogP contribution >= 0.6 is 0 Å². The molecule has 2 nitrogen and oxygen atoms in total. The van der Waals surface area contributed by atoms with Gasteiger partial charge in [-0.05, 0) is 50.4 Å². The zero-order chi connectivity index (χ0) is 11.2. The topological polar surface area (TPSA) is 21.3 Å². The molecule has 0 aliphatic carbocycles. The van der Waals surface area contributed by atoms with Crippen LogP contribution in [0.4, 0.5) is 0 Å². The number of nitrogens with one attached hydrogen (secondary N) is 1. The summed E-state index contributed by atoms with van der Waals surface area (Å²) < 4.78 is 6.12. The van der Waals surface area contributed by atoms with E-state index in [1.54, 1.807) is 0 Å². The van der Waals surface area contributed by atoms with Crippen molar-refractivity contribution in [1.29, 1.82) is 0 Å². The number of hydrogen-bond donors (Lipinski definition) is 1. The van der Waals surface area contributed by atoms with Gasteiger partial charge >= 0.3 is 0 Å². The molecule has 0 bridgehead atoms. The molecule has 1 heterocycles. The molecule has 1 saturated heterocycles. The summed E-state index contributed by atoms with van der Waals surface area (Å²) in [6.07, 6.45) is 4.95. The quantitative estimate of drug-likeness (QED) is 0.844. The van der Waals surface area contributed by atoms with Crippen molar-refractivity contribution < 1.29 is 4.74 Å². The highest BCUT2D eigenvalue weighted by Gasteiger charge is 2.14. The lowest BCUT2D eigenvalue weighted by atomic mass is 10.1. The largest absolute Gasteiger partial charge is 0.490 e. The van der Waals surface area contributed by atoms with Crippen LogP contribution in [-0.4, -0.2) is 19.2 Å². The van der Waals surface area contributed by atoms with Gasteiger partial charge in [0, 0.05) is 0 Å². The third kappa shape index (κ3) is 2.99. The molecule has 0 aromatic heterocycles. The molecule has 2 rings (SSSR count). The summed E-state index contributed by atoms with van der Waals surface area (Å²) in [7, 11) is 0. The van der Waals surface area contributed by atoms with Gasteiger partial charge in [0.1, 0.15) is 5.75 Å². The fraction of sp³-hybridized carbons (Fsp3) is 0.571. The number of ether oxygens (including phenoxy) is 1. The van der Waals surface area contributed by atoms with Crippen molar-refractivity contribution in [3.63, 3.8) is 0 Å². The Morgan fingerprint density at radius 3 is 3.00 bits per heavy atom. The normalized spacial score (nSPS) is 21.4. The maximum Gasteiger partial charge on any atom is 0.122 e. The highest BCUT2D eigenvalue weighted by molar-refractivity contribution is 5.33. The Hall–Kier alpha value is -1.02. The fourth-order valence-corrected chi connectivity index (χ4v) is 2.20. The maximum absolute atomic E-state index is 6.12. The fourth-order valence-electron chi connectivity index (χ4n) is 2.20. The minimum Gasteiger partial charge on any atom is -0.490 e. The molecule has 2 heteroatoms. The van der Waals surface area contributed by atoms with Gasteiger partial charge in [0.05, 0.1) is 6.10 Å². The van der Waals surface area contributed by atoms with Gasteiger partial charge < -0.3 is 10.1 Å². The third-order valence-corrected chi connectivity index (χ3v) is 3.17. The van der Waals surface area contributed by atoms with Crippen LogP contribution in [0.1, 0.15) is 31.7 Å². The first-order chi connectivity index (χ1) is 7.90. The van der Waals surface area contributed by atoms with Crippen molar-refractivity contribution >= 4 is 0 Å². The standard InChI is InChI=1S/C14H21NO/c1-2-12-6-3-4-8-14(12)16-13-7-5-10-15-11-9-13/h3-4,6,8,13,15H,2,5,7,9-11H2,1H3. The molecule has 1 aromatic rings. The minimum absolute atomic E-state index is 0.391. The zero-order valence-corrected chi connectivity index (χ0v) is 10.0. The Balaban J connectivity index is 2.01. The van der Waals surface area contributed by atoms with Gasteiger partial charge in [0.2, 0.25) is 0 Å². The molecule has 0 spiro atoms. The molecule has 1 fully saturated rings. The van der Waals surface area contributed by atoms with E-state index in [4.69, 9.17) is 4.74 Å². The number of aryl methyl sites for hydroxylation is 1. The first-order valence-electron chi connectivity index (χ1n) is 6.35. The third-order valence-electron chi connectivity index (χ3n) is 3.17. The summed E-state index contributed by atoms with van der Waals surface area (Å²) in [5, 5.41) is 3.41. The lowest BCUT2D eigenvalue weighted by molar-refractivity contribution is 0.186. The molecule has 1 aromatic carbocycles. The Morgan fingerprint density at radius 1 is 1.25 bits per heavy atom. The zero-order valence-electron chi connectivity index (χ0n) is 10.0. The SMILES string of the molecule is CCc1ccccc1OC1CCCNCC1. The summed E-state index contributed by atoms with van der Waals surface area (Å²) >= 11 is 0. The van der Waals surface area contributed by atoms with Crippen molar-refractivity contribution in [2.75, 3.05) is 13.1 Å². The van der Waals surface area contributed by atoms with Gasteiger partial charge in [0.15, 0.2) is 0 Å². The molecule has 1 aliphatic heterocycles. The van der Waals surface area contributed by atoms with Crippen molar-refractivity contribution in [3.05, 3.63) is 29.8 Å². The van der Waals surface area contributed by atoms with Gasteiger partial charge in [-0.2, -0.15) is 0 Å². The molecule has 1 N–H and O–H groups in total. The molecule has 16 heavy (non-hydrogen) atoms. The van der Waals surface area contributed by atoms with Crippen LogP contribution in [0, 0.1) is 0 Å². The van der Waals surface area contributed by atoms with Crippen LogP contribution in [0.3, 0.4) is 0 Å². The second-order valence-electron chi connectivity index (χ2n) is 4.38. The van der Waals surface area contributed by atoms with E-state index in [1.165, 1.54) is 18.4 Å². The number of rotatable bonds is 3. The molecule has 1 aliphatic rings. The lowest BCUT2D eigenvalue weighted by Gasteiger charge is -2.18. The summed E-state index contributed by atoms with van der Waals surface area (Å²) in [5.74, 6) is 1.08. The highest BCUT2D eigenvalue weighted by atomic mass is 16.5. The minimum atomic E-state index is 0.391. The molecule has 0 radical (unpaired) electrons. The summed E-state index contributed by atoms with van der Waals surface area (Å²) in [4.78, 5) is 0. The number of benzene rings is 1. The number of hydrogen-bond acceptors (Lipinski definition) is 2. The van der Waals surface area contributed by atoms with E-state index in [0.29, 0.717) is 6.10 Å². The Labute approximate surface area is 98.0 Å². The molecule has 88 valence electrons. The van der Waals surface area contributed by atoms with Crippen LogP contribution in [0.5, 0.6) is 5.75 Å². The van der Waals surface area contributed by atoms with Crippen LogP contribution in [0.2, 0.25) is 0 Å². The monoisotopic (exact) mass is 219 g/mol. The first-order valence-corrected chi connectivity index (χ1v) is 6.35. The van der Waals surface area contributed by atoms with Crippen molar-refractivity contribution in [2.45, 2.75) is 38.7 Å². The van der Waals surface area contributed by atoms with Gasteiger partial charge in [-0.15, -0.1) is 0 Å². The van der Waals surface area contributed by atoms with E-state index in [1.807, 2.05) is 0 Å². The average molecular weight is 219 g/mol. The summed E-state index contributed by atoms with van der Waals surface area (Å²) in [5.41, 5.74) is 1.32. The van der Waals surface area contributed by atoms with Crippen molar-refractivity contribution in [2.24, 2.45) is 0 Å². The predicted molar refractivity (Wildman–Crippen MR) is 67.0 cm³/mol. The van der Waals surface area contributed by atoms with Crippen LogP contribution in [0.25, 0.3) is 0 Å².